The minimum absolute atomic E-state index is 0.00584. The largest absolute Gasteiger partial charge is 0.418 e. The van der Waals surface area contributed by atoms with Crippen LogP contribution < -0.4 is 4.90 Å². The van der Waals surface area contributed by atoms with E-state index >= 15 is 0 Å². The van der Waals surface area contributed by atoms with E-state index in [0.717, 1.165) is 24.2 Å². The van der Waals surface area contributed by atoms with Crippen molar-refractivity contribution in [1.82, 2.24) is 29.3 Å². The Labute approximate surface area is 204 Å². The number of ether oxygens (including phenoxy) is 1. The molecule has 5 rings (SSSR count). The maximum absolute atomic E-state index is 14.6. The van der Waals surface area contributed by atoms with Gasteiger partial charge in [-0.05, 0) is 32.8 Å². The van der Waals surface area contributed by atoms with Gasteiger partial charge in [0.1, 0.15) is 16.3 Å². The molecule has 1 aliphatic rings. The third-order valence-corrected chi connectivity index (χ3v) is 7.32. The van der Waals surface area contributed by atoms with E-state index in [2.05, 4.69) is 20.1 Å². The number of imidazole rings is 1. The van der Waals surface area contributed by atoms with Crippen molar-refractivity contribution in [2.24, 2.45) is 7.05 Å². The first-order valence-electron chi connectivity index (χ1n) is 11.4. The highest BCUT2D eigenvalue weighted by Gasteiger charge is 2.41. The molecule has 0 spiro atoms. The highest BCUT2D eigenvalue weighted by molar-refractivity contribution is 7.22. The first-order valence-corrected chi connectivity index (χ1v) is 12.2. The molecule has 0 amide bonds. The molecule has 1 unspecified atom stereocenters. The monoisotopic (exact) mass is 505 g/mol. The Morgan fingerprint density at radius 1 is 1.20 bits per heavy atom. The highest BCUT2D eigenvalue weighted by Crippen LogP contribution is 2.49. The molecule has 0 radical (unpaired) electrons. The van der Waals surface area contributed by atoms with Crippen molar-refractivity contribution >= 4 is 27.4 Å². The Hall–Kier alpha value is -2.99. The minimum Gasteiger partial charge on any atom is -0.380 e. The number of aryl methyl sites for hydroxylation is 1. The van der Waals surface area contributed by atoms with Crippen LogP contribution in [0.5, 0.6) is 0 Å². The van der Waals surface area contributed by atoms with Crippen LogP contribution >= 0.6 is 11.3 Å². The number of hydrogen-bond donors (Lipinski definition) is 0. The van der Waals surface area contributed by atoms with Gasteiger partial charge in [-0.1, -0.05) is 0 Å². The molecule has 0 aliphatic carbocycles. The van der Waals surface area contributed by atoms with Gasteiger partial charge in [0.05, 0.1) is 21.9 Å². The molecular formula is C23H26F3N7OS. The van der Waals surface area contributed by atoms with Gasteiger partial charge in [0.25, 0.3) is 0 Å². The third kappa shape index (κ3) is 4.29. The van der Waals surface area contributed by atoms with Crippen molar-refractivity contribution in [3.8, 4) is 22.2 Å². The molecule has 0 saturated carbocycles. The van der Waals surface area contributed by atoms with Crippen LogP contribution in [0.2, 0.25) is 0 Å². The summed E-state index contributed by atoms with van der Waals surface area (Å²) in [6.45, 7) is 4.89. The second kappa shape index (κ2) is 8.90. The fourth-order valence-corrected chi connectivity index (χ4v) is 5.57. The summed E-state index contributed by atoms with van der Waals surface area (Å²) in [6.07, 6.45) is 2.01. The van der Waals surface area contributed by atoms with Crippen molar-refractivity contribution in [3.63, 3.8) is 0 Å². The normalized spacial score (nSPS) is 17.1. The summed E-state index contributed by atoms with van der Waals surface area (Å²) in [5, 5.41) is 4.44. The zero-order valence-corrected chi connectivity index (χ0v) is 20.7. The van der Waals surface area contributed by atoms with Crippen molar-refractivity contribution in [1.29, 1.82) is 0 Å². The van der Waals surface area contributed by atoms with Gasteiger partial charge in [-0.25, -0.2) is 15.0 Å². The summed E-state index contributed by atoms with van der Waals surface area (Å²) in [7, 11) is 3.43. The maximum Gasteiger partial charge on any atom is 0.418 e. The molecule has 1 fully saturated rings. The first-order chi connectivity index (χ1) is 16.7. The summed E-state index contributed by atoms with van der Waals surface area (Å²) >= 11 is 0.989. The molecule has 8 nitrogen and oxygen atoms in total. The fourth-order valence-electron chi connectivity index (χ4n) is 4.41. The van der Waals surface area contributed by atoms with E-state index < -0.39 is 11.7 Å². The number of anilines is 1. The summed E-state index contributed by atoms with van der Waals surface area (Å²) < 4.78 is 52.9. The van der Waals surface area contributed by atoms with E-state index in [4.69, 9.17) is 4.74 Å². The topological polar surface area (TPSA) is 73.9 Å². The number of rotatable bonds is 5. The van der Waals surface area contributed by atoms with Crippen LogP contribution in [0.15, 0.2) is 24.7 Å². The van der Waals surface area contributed by atoms with Crippen LogP contribution in [0.3, 0.4) is 0 Å². The molecule has 0 bridgehead atoms. The summed E-state index contributed by atoms with van der Waals surface area (Å²) in [5.41, 5.74) is -0.473. The van der Waals surface area contributed by atoms with Crippen molar-refractivity contribution in [3.05, 3.63) is 30.2 Å². The zero-order valence-electron chi connectivity index (χ0n) is 19.9. The van der Waals surface area contributed by atoms with Gasteiger partial charge in [0.15, 0.2) is 11.6 Å². The number of piperidine rings is 1. The van der Waals surface area contributed by atoms with Gasteiger partial charge < -0.3 is 14.2 Å². The molecule has 1 aliphatic heterocycles. The Balaban J connectivity index is 1.79. The summed E-state index contributed by atoms with van der Waals surface area (Å²) in [6, 6.07) is 1.64. The standard InChI is InChI=1S/C23H26F3N7OS/c1-13(2)33-10-7-15(30-33)18-17(23(24,25)26)16-20(32-9-5-6-14(12-32)34-4)28-19(29-22(16)35-18)21-27-8-11-31(21)3/h7-8,10-11,13-14H,5-6,9,12H2,1-4H3. The van der Waals surface area contributed by atoms with Crippen molar-refractivity contribution < 1.29 is 17.9 Å². The lowest BCUT2D eigenvalue weighted by Crippen LogP contribution is -2.40. The highest BCUT2D eigenvalue weighted by atomic mass is 32.1. The van der Waals surface area contributed by atoms with Gasteiger partial charge in [-0.15, -0.1) is 11.3 Å². The Morgan fingerprint density at radius 2 is 2.00 bits per heavy atom. The molecule has 0 aromatic carbocycles. The van der Waals surface area contributed by atoms with E-state index in [9.17, 15) is 13.2 Å². The molecule has 1 saturated heterocycles. The number of fused-ring (bicyclic) bond motifs is 1. The number of nitrogens with zero attached hydrogens (tertiary/aromatic N) is 7. The summed E-state index contributed by atoms with van der Waals surface area (Å²) in [5.74, 6) is 1.03. The predicted octanol–water partition coefficient (Wildman–Crippen LogP) is 5.17. The van der Waals surface area contributed by atoms with E-state index in [1.54, 1.807) is 48.1 Å². The molecule has 35 heavy (non-hydrogen) atoms. The van der Waals surface area contributed by atoms with Gasteiger partial charge >= 0.3 is 6.18 Å². The average molecular weight is 506 g/mol. The summed E-state index contributed by atoms with van der Waals surface area (Å²) in [4.78, 5) is 15.7. The van der Waals surface area contributed by atoms with Crippen LogP contribution in [0, 0.1) is 0 Å². The number of alkyl halides is 3. The molecule has 186 valence electrons. The lowest BCUT2D eigenvalue weighted by Gasteiger charge is -2.33. The van der Waals surface area contributed by atoms with Crippen LogP contribution in [0.25, 0.3) is 32.4 Å². The Kier molecular flexibility index (Phi) is 6.04. The van der Waals surface area contributed by atoms with Gasteiger partial charge in [-0.3, -0.25) is 4.68 Å². The fraction of sp³-hybridized carbons (Fsp3) is 0.478. The van der Waals surface area contributed by atoms with Crippen molar-refractivity contribution in [2.75, 3.05) is 25.1 Å². The van der Waals surface area contributed by atoms with Crippen molar-refractivity contribution in [2.45, 2.75) is 45.0 Å². The molecular weight excluding hydrogens is 479 g/mol. The lowest BCUT2D eigenvalue weighted by atomic mass is 10.1. The van der Waals surface area contributed by atoms with E-state index in [0.29, 0.717) is 18.9 Å². The SMILES string of the molecule is COC1CCCN(c2nc(-c3nccn3C)nc3sc(-c4ccn(C(C)C)n4)c(C(F)(F)F)c23)C1. The number of methoxy groups -OCH3 is 1. The van der Waals surface area contributed by atoms with Crippen LogP contribution in [-0.2, 0) is 18.0 Å². The van der Waals surface area contributed by atoms with Crippen LogP contribution in [0.1, 0.15) is 38.3 Å². The van der Waals surface area contributed by atoms with Crippen LogP contribution in [0.4, 0.5) is 19.0 Å². The van der Waals surface area contributed by atoms with Gasteiger partial charge in [0, 0.05) is 51.9 Å². The molecule has 12 heteroatoms. The average Bonchev–Trinajstić information content (AvgIpc) is 3.55. The Morgan fingerprint density at radius 3 is 2.63 bits per heavy atom. The molecule has 1 atom stereocenters. The first kappa shape index (κ1) is 23.7. The van der Waals surface area contributed by atoms with Gasteiger partial charge in [0.2, 0.25) is 0 Å². The Bertz CT molecular complexity index is 1360. The predicted molar refractivity (Wildman–Crippen MR) is 128 cm³/mol. The quantitative estimate of drug-likeness (QED) is 0.373. The molecule has 4 aromatic rings. The van der Waals surface area contributed by atoms with Crippen LogP contribution in [-0.4, -0.2) is 55.6 Å². The number of hydrogen-bond acceptors (Lipinski definition) is 7. The van der Waals surface area contributed by atoms with E-state index in [-0.39, 0.29) is 44.6 Å². The zero-order chi connectivity index (χ0) is 24.9. The second-order valence-electron chi connectivity index (χ2n) is 8.94. The second-order valence-corrected chi connectivity index (χ2v) is 9.94. The third-order valence-electron chi connectivity index (χ3n) is 6.22. The number of aromatic nitrogens is 6. The maximum atomic E-state index is 14.6. The minimum atomic E-state index is -4.62. The molecule has 4 aromatic heterocycles. The number of halogens is 3. The lowest BCUT2D eigenvalue weighted by molar-refractivity contribution is -0.135. The van der Waals surface area contributed by atoms with Gasteiger partial charge in [-0.2, -0.15) is 18.3 Å². The van der Waals surface area contributed by atoms with E-state index in [1.165, 1.54) is 0 Å². The smallest absolute Gasteiger partial charge is 0.380 e. The number of thiophene rings is 1. The molecule has 5 heterocycles. The molecule has 0 N–H and O–H groups in total. The van der Waals surface area contributed by atoms with E-state index in [1.807, 2.05) is 18.7 Å².